The average Bonchev–Trinajstić information content (AvgIpc) is 3.16. The molecule has 3 aromatic rings. The summed E-state index contributed by atoms with van der Waals surface area (Å²) in [6, 6.07) is 7.78. The summed E-state index contributed by atoms with van der Waals surface area (Å²) in [4.78, 5) is 16.2. The van der Waals surface area contributed by atoms with Crippen LogP contribution in [-0.2, 0) is 6.42 Å². The van der Waals surface area contributed by atoms with Gasteiger partial charge in [-0.15, -0.1) is 21.5 Å². The molecule has 6 nitrogen and oxygen atoms in total. The molecule has 2 heterocycles. The quantitative estimate of drug-likeness (QED) is 0.768. The topological polar surface area (TPSA) is 77.0 Å². The molecule has 8 heteroatoms. The van der Waals surface area contributed by atoms with Crippen molar-refractivity contribution in [1.29, 1.82) is 0 Å². The lowest BCUT2D eigenvalue weighted by atomic mass is 10.1. The van der Waals surface area contributed by atoms with Crippen LogP contribution in [0.4, 0.5) is 5.13 Å². The molecule has 1 aromatic carbocycles. The van der Waals surface area contributed by atoms with Crippen molar-refractivity contribution >= 4 is 33.7 Å². The maximum Gasteiger partial charge on any atom is 0.276 e. The van der Waals surface area contributed by atoms with Crippen LogP contribution in [0.1, 0.15) is 26.1 Å². The Hall–Kier alpha value is -2.32. The second-order valence-electron chi connectivity index (χ2n) is 4.74. The van der Waals surface area contributed by atoms with Gasteiger partial charge < -0.3 is 4.74 Å². The van der Waals surface area contributed by atoms with Gasteiger partial charge in [-0.05, 0) is 24.6 Å². The Labute approximate surface area is 141 Å². The number of rotatable bonds is 5. The molecular weight excluding hydrogens is 332 g/mol. The highest BCUT2D eigenvalue weighted by Gasteiger charge is 2.13. The van der Waals surface area contributed by atoms with Gasteiger partial charge in [-0.2, -0.15) is 0 Å². The van der Waals surface area contributed by atoms with E-state index in [-0.39, 0.29) is 5.91 Å². The lowest BCUT2D eigenvalue weighted by molar-refractivity contribution is 0.102. The third kappa shape index (κ3) is 3.91. The number of thiazole rings is 1. The van der Waals surface area contributed by atoms with Gasteiger partial charge in [-0.25, -0.2) is 4.98 Å². The van der Waals surface area contributed by atoms with E-state index >= 15 is 0 Å². The number of hydrogen-bond donors (Lipinski definition) is 1. The summed E-state index contributed by atoms with van der Waals surface area (Å²) >= 11 is 2.79. The number of aryl methyl sites for hydroxylation is 1. The van der Waals surface area contributed by atoms with Crippen LogP contribution < -0.4 is 10.1 Å². The second-order valence-corrected chi connectivity index (χ2v) is 6.86. The Kier molecular flexibility index (Phi) is 4.63. The molecule has 2 aromatic heterocycles. The molecule has 1 amide bonds. The van der Waals surface area contributed by atoms with Crippen LogP contribution in [0.5, 0.6) is 5.75 Å². The first-order valence-electron chi connectivity index (χ1n) is 6.83. The largest absolute Gasteiger partial charge is 0.497 e. The molecule has 0 aliphatic carbocycles. The van der Waals surface area contributed by atoms with Crippen LogP contribution in [0.25, 0.3) is 0 Å². The van der Waals surface area contributed by atoms with E-state index in [1.807, 2.05) is 31.2 Å². The SMILES string of the molecule is COc1cccc(Cc2nnc(NC(=O)c3csc(C)n3)s2)c1. The number of ether oxygens (including phenoxy) is 1. The number of nitrogens with zero attached hydrogens (tertiary/aromatic N) is 3. The number of benzene rings is 1. The number of hydrogen-bond acceptors (Lipinski definition) is 7. The summed E-state index contributed by atoms with van der Waals surface area (Å²) in [6.45, 7) is 1.86. The monoisotopic (exact) mass is 346 g/mol. The highest BCUT2D eigenvalue weighted by atomic mass is 32.1. The van der Waals surface area contributed by atoms with E-state index in [0.717, 1.165) is 21.3 Å². The fraction of sp³-hybridized carbons (Fsp3) is 0.200. The fourth-order valence-electron chi connectivity index (χ4n) is 1.96. The maximum atomic E-state index is 12.0. The summed E-state index contributed by atoms with van der Waals surface area (Å²) in [6.07, 6.45) is 0.639. The van der Waals surface area contributed by atoms with Gasteiger partial charge >= 0.3 is 0 Å². The number of anilines is 1. The molecule has 0 aliphatic rings. The van der Waals surface area contributed by atoms with Gasteiger partial charge in [0, 0.05) is 11.8 Å². The third-order valence-electron chi connectivity index (χ3n) is 3.03. The first-order valence-corrected chi connectivity index (χ1v) is 8.52. The fourth-order valence-corrected chi connectivity index (χ4v) is 3.32. The summed E-state index contributed by atoms with van der Waals surface area (Å²) in [5.74, 6) is 0.540. The van der Waals surface area contributed by atoms with Crippen LogP contribution in [0.3, 0.4) is 0 Å². The average molecular weight is 346 g/mol. The second kappa shape index (κ2) is 6.84. The van der Waals surface area contributed by atoms with Crippen molar-refractivity contribution in [2.45, 2.75) is 13.3 Å². The van der Waals surface area contributed by atoms with E-state index in [2.05, 4.69) is 20.5 Å². The number of nitrogens with one attached hydrogen (secondary N) is 1. The van der Waals surface area contributed by atoms with Gasteiger partial charge in [0.15, 0.2) is 0 Å². The predicted molar refractivity (Wildman–Crippen MR) is 90.5 cm³/mol. The predicted octanol–water partition coefficient (Wildman–Crippen LogP) is 3.15. The van der Waals surface area contributed by atoms with Crippen molar-refractivity contribution in [2.75, 3.05) is 12.4 Å². The van der Waals surface area contributed by atoms with Gasteiger partial charge in [0.1, 0.15) is 16.5 Å². The molecule has 0 saturated heterocycles. The van der Waals surface area contributed by atoms with Crippen LogP contribution in [0.15, 0.2) is 29.6 Å². The Morgan fingerprint density at radius 2 is 2.22 bits per heavy atom. The third-order valence-corrected chi connectivity index (χ3v) is 4.64. The zero-order valence-electron chi connectivity index (χ0n) is 12.6. The summed E-state index contributed by atoms with van der Waals surface area (Å²) in [7, 11) is 1.64. The summed E-state index contributed by atoms with van der Waals surface area (Å²) in [5.41, 5.74) is 1.48. The van der Waals surface area contributed by atoms with Crippen LogP contribution in [0, 0.1) is 6.92 Å². The smallest absolute Gasteiger partial charge is 0.276 e. The highest BCUT2D eigenvalue weighted by molar-refractivity contribution is 7.15. The van der Waals surface area contributed by atoms with Crippen molar-refractivity contribution < 1.29 is 9.53 Å². The first-order chi connectivity index (χ1) is 11.1. The molecule has 23 heavy (non-hydrogen) atoms. The Morgan fingerprint density at radius 1 is 1.35 bits per heavy atom. The summed E-state index contributed by atoms with van der Waals surface area (Å²) < 4.78 is 5.21. The standard InChI is InChI=1S/C15H14N4O2S2/c1-9-16-12(8-22-9)14(20)17-15-19-18-13(23-15)7-10-4-3-5-11(6-10)21-2/h3-6,8H,7H2,1-2H3,(H,17,19,20). The molecule has 0 spiro atoms. The number of carbonyl (C=O) groups is 1. The molecule has 0 radical (unpaired) electrons. The van der Waals surface area contributed by atoms with Crippen LogP contribution >= 0.6 is 22.7 Å². The molecule has 118 valence electrons. The molecule has 0 atom stereocenters. The van der Waals surface area contributed by atoms with Crippen molar-refractivity contribution in [3.05, 3.63) is 50.9 Å². The van der Waals surface area contributed by atoms with Gasteiger partial charge in [-0.1, -0.05) is 23.5 Å². The van der Waals surface area contributed by atoms with Crippen LogP contribution in [-0.4, -0.2) is 28.2 Å². The van der Waals surface area contributed by atoms with E-state index in [9.17, 15) is 4.79 Å². The van der Waals surface area contributed by atoms with E-state index in [1.165, 1.54) is 22.7 Å². The Bertz CT molecular complexity index is 828. The van der Waals surface area contributed by atoms with Crippen molar-refractivity contribution in [3.63, 3.8) is 0 Å². The van der Waals surface area contributed by atoms with Gasteiger partial charge in [0.05, 0.1) is 12.1 Å². The van der Waals surface area contributed by atoms with Gasteiger partial charge in [0.2, 0.25) is 5.13 Å². The summed E-state index contributed by atoms with van der Waals surface area (Å²) in [5, 5.41) is 14.7. The molecular formula is C15H14N4O2S2. The van der Waals surface area contributed by atoms with Crippen molar-refractivity contribution in [2.24, 2.45) is 0 Å². The van der Waals surface area contributed by atoms with Crippen LogP contribution in [0.2, 0.25) is 0 Å². The Morgan fingerprint density at radius 3 is 2.96 bits per heavy atom. The van der Waals surface area contributed by atoms with Crippen molar-refractivity contribution in [3.8, 4) is 5.75 Å². The number of amides is 1. The molecule has 1 N–H and O–H groups in total. The first kappa shape index (κ1) is 15.6. The molecule has 0 aliphatic heterocycles. The van der Waals surface area contributed by atoms with Gasteiger partial charge in [0.25, 0.3) is 5.91 Å². The molecule has 3 rings (SSSR count). The van der Waals surface area contributed by atoms with E-state index in [0.29, 0.717) is 17.2 Å². The minimum Gasteiger partial charge on any atom is -0.497 e. The number of aromatic nitrogens is 3. The lowest BCUT2D eigenvalue weighted by Crippen LogP contribution is -2.12. The minimum absolute atomic E-state index is 0.265. The zero-order chi connectivity index (χ0) is 16.2. The normalized spacial score (nSPS) is 10.5. The van der Waals surface area contributed by atoms with E-state index in [4.69, 9.17) is 4.74 Å². The molecule has 0 bridgehead atoms. The zero-order valence-corrected chi connectivity index (χ0v) is 14.2. The van der Waals surface area contributed by atoms with E-state index in [1.54, 1.807) is 12.5 Å². The molecule has 0 saturated carbocycles. The molecule has 0 unspecified atom stereocenters. The minimum atomic E-state index is -0.265. The number of methoxy groups -OCH3 is 1. The lowest BCUT2D eigenvalue weighted by Gasteiger charge is -2.01. The van der Waals surface area contributed by atoms with E-state index < -0.39 is 0 Å². The maximum absolute atomic E-state index is 12.0. The van der Waals surface area contributed by atoms with Gasteiger partial charge in [-0.3, -0.25) is 10.1 Å². The Balaban J connectivity index is 1.67. The highest BCUT2D eigenvalue weighted by Crippen LogP contribution is 2.21. The number of carbonyl (C=O) groups excluding carboxylic acids is 1. The van der Waals surface area contributed by atoms with Crippen molar-refractivity contribution in [1.82, 2.24) is 15.2 Å². The molecule has 0 fully saturated rings.